The Balaban J connectivity index is 2.74. The molecule has 0 atom stereocenters. The Hall–Kier alpha value is -1.55. The lowest BCUT2D eigenvalue weighted by atomic mass is 10.3. The molecular formula is C9H6ClNO3. The van der Waals surface area contributed by atoms with E-state index in [4.69, 9.17) is 16.0 Å². The van der Waals surface area contributed by atoms with Crippen molar-refractivity contribution in [2.24, 2.45) is 0 Å². The van der Waals surface area contributed by atoms with E-state index in [0.717, 1.165) is 0 Å². The number of carbonyl (C=O) groups excluding carboxylic acids is 1. The lowest BCUT2D eigenvalue weighted by Gasteiger charge is -1.90. The van der Waals surface area contributed by atoms with E-state index in [9.17, 15) is 9.90 Å². The van der Waals surface area contributed by atoms with Gasteiger partial charge in [-0.15, -0.1) is 16.0 Å². The number of rotatable bonds is 2. The zero-order chi connectivity index (χ0) is 10.1. The SMILES string of the molecule is O=C(CCl)c1c([O-])oc2cccc[n+]12. The van der Waals surface area contributed by atoms with E-state index in [-0.39, 0.29) is 11.6 Å². The average Bonchev–Trinajstić information content (AvgIpc) is 2.53. The minimum atomic E-state index is -0.651. The Labute approximate surface area is 84.3 Å². The minimum Gasteiger partial charge on any atom is -0.540 e. The van der Waals surface area contributed by atoms with Gasteiger partial charge < -0.3 is 9.52 Å². The first-order chi connectivity index (χ1) is 6.74. The molecule has 2 heterocycles. The van der Waals surface area contributed by atoms with Gasteiger partial charge in [0.25, 0.3) is 11.4 Å². The summed E-state index contributed by atoms with van der Waals surface area (Å²) in [6.45, 7) is 0. The Morgan fingerprint density at radius 1 is 1.57 bits per heavy atom. The molecular weight excluding hydrogens is 206 g/mol. The second kappa shape index (κ2) is 3.31. The largest absolute Gasteiger partial charge is 0.540 e. The Bertz CT molecular complexity index is 492. The summed E-state index contributed by atoms with van der Waals surface area (Å²) in [6, 6.07) is 5.02. The van der Waals surface area contributed by atoms with E-state index in [2.05, 4.69) is 0 Å². The fraction of sp³-hybridized carbons (Fsp3) is 0.111. The van der Waals surface area contributed by atoms with Gasteiger partial charge in [-0.1, -0.05) is 0 Å². The first-order valence-corrected chi connectivity index (χ1v) is 4.47. The summed E-state index contributed by atoms with van der Waals surface area (Å²) in [5.41, 5.74) is 0.307. The fourth-order valence-corrected chi connectivity index (χ4v) is 1.38. The molecule has 0 fully saturated rings. The van der Waals surface area contributed by atoms with E-state index >= 15 is 0 Å². The molecule has 0 bridgehead atoms. The molecule has 72 valence electrons. The molecule has 0 saturated heterocycles. The van der Waals surface area contributed by atoms with Crippen molar-refractivity contribution in [1.29, 1.82) is 0 Å². The second-order valence-electron chi connectivity index (χ2n) is 2.70. The monoisotopic (exact) mass is 211 g/mol. The molecule has 0 radical (unpaired) electrons. The number of oxazole rings is 1. The van der Waals surface area contributed by atoms with Crippen LogP contribution in [0.5, 0.6) is 5.95 Å². The number of aromatic nitrogens is 1. The number of nitrogens with zero attached hydrogens (tertiary/aromatic N) is 1. The highest BCUT2D eigenvalue weighted by Crippen LogP contribution is 2.14. The van der Waals surface area contributed by atoms with Gasteiger partial charge in [0.05, 0.1) is 5.88 Å². The molecule has 0 amide bonds. The molecule has 0 spiro atoms. The van der Waals surface area contributed by atoms with Gasteiger partial charge in [0.15, 0.2) is 6.20 Å². The summed E-state index contributed by atoms with van der Waals surface area (Å²) >= 11 is 5.37. The third-order valence-electron chi connectivity index (χ3n) is 1.84. The van der Waals surface area contributed by atoms with Gasteiger partial charge in [-0.25, -0.2) is 0 Å². The first-order valence-electron chi connectivity index (χ1n) is 3.93. The Morgan fingerprint density at radius 2 is 2.36 bits per heavy atom. The Kier molecular flexibility index (Phi) is 2.13. The number of alkyl halides is 1. The smallest absolute Gasteiger partial charge is 0.278 e. The maximum absolute atomic E-state index is 11.3. The summed E-state index contributed by atoms with van der Waals surface area (Å²) in [7, 11) is 0. The van der Waals surface area contributed by atoms with Crippen LogP contribution in [0.2, 0.25) is 0 Å². The topological polar surface area (TPSA) is 57.4 Å². The van der Waals surface area contributed by atoms with E-state index in [0.29, 0.717) is 5.71 Å². The zero-order valence-electron chi connectivity index (χ0n) is 7.07. The lowest BCUT2D eigenvalue weighted by Crippen LogP contribution is -2.28. The molecule has 0 aromatic carbocycles. The number of carbonyl (C=O) groups is 1. The average molecular weight is 212 g/mol. The number of ketones is 1. The summed E-state index contributed by atoms with van der Waals surface area (Å²) < 4.78 is 6.25. The Morgan fingerprint density at radius 3 is 3.07 bits per heavy atom. The molecule has 14 heavy (non-hydrogen) atoms. The lowest BCUT2D eigenvalue weighted by molar-refractivity contribution is -0.518. The molecule has 2 rings (SSSR count). The van der Waals surface area contributed by atoms with Gasteiger partial charge in [-0.3, -0.25) is 4.79 Å². The van der Waals surface area contributed by atoms with Crippen molar-refractivity contribution in [2.75, 3.05) is 5.88 Å². The first kappa shape index (κ1) is 9.02. The van der Waals surface area contributed by atoms with Gasteiger partial charge in [-0.05, 0) is 6.07 Å². The van der Waals surface area contributed by atoms with Crippen molar-refractivity contribution in [3.8, 4) is 5.95 Å². The molecule has 2 aromatic heterocycles. The number of pyridine rings is 1. The highest BCUT2D eigenvalue weighted by atomic mass is 35.5. The highest BCUT2D eigenvalue weighted by Gasteiger charge is 2.21. The van der Waals surface area contributed by atoms with Crippen LogP contribution in [0, 0.1) is 0 Å². The number of hydrogen-bond donors (Lipinski definition) is 0. The predicted octanol–water partition coefficient (Wildman–Crippen LogP) is 0.513. The number of fused-ring (bicyclic) bond motifs is 1. The van der Waals surface area contributed by atoms with E-state index in [1.165, 1.54) is 4.40 Å². The standard InChI is InChI=1S/C9H6ClNO3/c10-5-6(12)8-9(13)14-7-3-1-2-4-11(7)8/h1-4H,5H2. The zero-order valence-corrected chi connectivity index (χ0v) is 7.82. The van der Waals surface area contributed by atoms with Gasteiger partial charge in [0, 0.05) is 12.1 Å². The van der Waals surface area contributed by atoms with Crippen LogP contribution in [0.25, 0.3) is 5.71 Å². The summed E-state index contributed by atoms with van der Waals surface area (Å²) in [5.74, 6) is -1.32. The third-order valence-corrected chi connectivity index (χ3v) is 2.08. The molecule has 0 aliphatic heterocycles. The van der Waals surface area contributed by atoms with Crippen molar-refractivity contribution in [3.63, 3.8) is 0 Å². The van der Waals surface area contributed by atoms with Crippen molar-refractivity contribution >= 4 is 23.1 Å². The van der Waals surface area contributed by atoms with Crippen molar-refractivity contribution in [2.45, 2.75) is 0 Å². The number of halogens is 1. The highest BCUT2D eigenvalue weighted by molar-refractivity contribution is 6.30. The quantitative estimate of drug-likeness (QED) is 0.413. The van der Waals surface area contributed by atoms with Gasteiger partial charge >= 0.3 is 0 Å². The van der Waals surface area contributed by atoms with Crippen LogP contribution in [-0.2, 0) is 0 Å². The van der Waals surface area contributed by atoms with Gasteiger partial charge in [0.1, 0.15) is 5.95 Å². The van der Waals surface area contributed by atoms with Crippen LogP contribution in [-0.4, -0.2) is 11.7 Å². The van der Waals surface area contributed by atoms with Crippen LogP contribution in [0.3, 0.4) is 0 Å². The maximum atomic E-state index is 11.3. The van der Waals surface area contributed by atoms with E-state index in [1.54, 1.807) is 24.4 Å². The van der Waals surface area contributed by atoms with Crippen molar-refractivity contribution < 1.29 is 18.7 Å². The normalized spacial score (nSPS) is 10.6. The van der Waals surface area contributed by atoms with Crippen LogP contribution in [0.4, 0.5) is 0 Å². The van der Waals surface area contributed by atoms with Crippen LogP contribution in [0.15, 0.2) is 28.8 Å². The van der Waals surface area contributed by atoms with Crippen LogP contribution >= 0.6 is 11.6 Å². The number of hydrogen-bond acceptors (Lipinski definition) is 3. The van der Waals surface area contributed by atoms with Crippen LogP contribution in [0.1, 0.15) is 10.5 Å². The molecule has 0 unspecified atom stereocenters. The van der Waals surface area contributed by atoms with Gasteiger partial charge in [0.2, 0.25) is 5.78 Å². The number of Topliss-reactive ketones (excluding diaryl/α,β-unsaturated/α-hetero) is 1. The minimum absolute atomic E-state index is 0.0319. The van der Waals surface area contributed by atoms with E-state index < -0.39 is 11.7 Å². The maximum Gasteiger partial charge on any atom is 0.278 e. The molecule has 0 saturated carbocycles. The molecule has 0 aliphatic rings. The van der Waals surface area contributed by atoms with Gasteiger partial charge in [-0.2, -0.15) is 0 Å². The summed E-state index contributed by atoms with van der Waals surface area (Å²) in [5, 5.41) is 11.3. The summed E-state index contributed by atoms with van der Waals surface area (Å²) in [4.78, 5) is 11.3. The fourth-order valence-electron chi connectivity index (χ4n) is 1.25. The van der Waals surface area contributed by atoms with Crippen molar-refractivity contribution in [3.05, 3.63) is 30.1 Å². The molecule has 2 aromatic rings. The van der Waals surface area contributed by atoms with Crippen molar-refractivity contribution in [1.82, 2.24) is 0 Å². The molecule has 0 N–H and O–H groups in total. The van der Waals surface area contributed by atoms with E-state index in [1.807, 2.05) is 0 Å². The second-order valence-corrected chi connectivity index (χ2v) is 2.97. The van der Waals surface area contributed by atoms with Crippen LogP contribution < -0.4 is 9.51 Å². The third kappa shape index (κ3) is 1.24. The predicted molar refractivity (Wildman–Crippen MR) is 46.4 cm³/mol. The molecule has 5 heteroatoms. The summed E-state index contributed by atoms with van der Waals surface area (Å²) in [6.07, 6.45) is 1.58. The molecule has 4 nitrogen and oxygen atoms in total. The molecule has 0 aliphatic carbocycles.